The van der Waals surface area contributed by atoms with Gasteiger partial charge in [0.05, 0.1) is 19.1 Å². The molecule has 0 saturated carbocycles. The summed E-state index contributed by atoms with van der Waals surface area (Å²) in [4.78, 5) is 14.1. The molecular weight excluding hydrogens is 354 g/mol. The van der Waals surface area contributed by atoms with Crippen molar-refractivity contribution < 1.29 is 19.0 Å². The van der Waals surface area contributed by atoms with E-state index in [-0.39, 0.29) is 24.3 Å². The Kier molecular flexibility index (Phi) is 11.1. The Hall–Kier alpha value is -1.46. The molecule has 0 amide bonds. The lowest BCUT2D eigenvalue weighted by Crippen LogP contribution is -2.39. The molecule has 0 unspecified atom stereocenters. The predicted molar refractivity (Wildman–Crippen MR) is 105 cm³/mol. The Morgan fingerprint density at radius 3 is 2.38 bits per heavy atom. The van der Waals surface area contributed by atoms with Crippen molar-refractivity contribution in [3.63, 3.8) is 0 Å². The number of rotatable bonds is 10. The number of benzene rings is 1. The van der Waals surface area contributed by atoms with E-state index in [1.54, 1.807) is 0 Å². The van der Waals surface area contributed by atoms with Gasteiger partial charge in [0.2, 0.25) is 0 Å². The summed E-state index contributed by atoms with van der Waals surface area (Å²) in [6.45, 7) is 8.58. The van der Waals surface area contributed by atoms with Crippen LogP contribution in [0.1, 0.15) is 39.5 Å². The van der Waals surface area contributed by atoms with Gasteiger partial charge in [-0.25, -0.2) is 0 Å². The third-order valence-electron chi connectivity index (χ3n) is 4.46. The number of piperidine rings is 1. The minimum absolute atomic E-state index is 0. The quantitative estimate of drug-likeness (QED) is 0.451. The number of esters is 1. The fourth-order valence-corrected chi connectivity index (χ4v) is 2.93. The van der Waals surface area contributed by atoms with Crippen molar-refractivity contribution in [2.24, 2.45) is 5.92 Å². The van der Waals surface area contributed by atoms with E-state index in [2.05, 4.69) is 11.8 Å². The van der Waals surface area contributed by atoms with Gasteiger partial charge in [0, 0.05) is 12.6 Å². The number of nitrogens with zero attached hydrogens (tertiary/aromatic N) is 1. The molecule has 26 heavy (non-hydrogen) atoms. The molecule has 0 bridgehead atoms. The molecule has 1 aromatic carbocycles. The molecule has 1 saturated heterocycles. The van der Waals surface area contributed by atoms with Gasteiger partial charge in [0.15, 0.2) is 0 Å². The third kappa shape index (κ3) is 7.83. The van der Waals surface area contributed by atoms with E-state index in [0.29, 0.717) is 13.2 Å². The largest absolute Gasteiger partial charge is 0.493 e. The first-order valence-corrected chi connectivity index (χ1v) is 9.47. The zero-order valence-electron chi connectivity index (χ0n) is 15.9. The average Bonchev–Trinajstić information content (AvgIpc) is 2.63. The SMILES string of the molecule is CCCCOc1cccc(OCCN2CCC(C(=O)OCC)CC2)c1.Cl. The van der Waals surface area contributed by atoms with E-state index in [9.17, 15) is 4.79 Å². The molecule has 0 N–H and O–H groups in total. The maximum Gasteiger partial charge on any atom is 0.309 e. The number of carbonyl (C=O) groups excluding carboxylic acids is 1. The molecular formula is C20H32ClNO4. The summed E-state index contributed by atoms with van der Waals surface area (Å²) >= 11 is 0. The Bertz CT molecular complexity index is 518. The number of halogens is 1. The molecule has 5 nitrogen and oxygen atoms in total. The van der Waals surface area contributed by atoms with E-state index in [0.717, 1.165) is 63.4 Å². The standard InChI is InChI=1S/C20H31NO4.ClH/c1-3-5-14-24-18-7-6-8-19(16-18)25-15-13-21-11-9-17(10-12-21)20(22)23-4-2;/h6-8,16-17H,3-5,9-15H2,1-2H3;1H. The topological polar surface area (TPSA) is 48.0 Å². The first-order valence-electron chi connectivity index (χ1n) is 9.47. The Labute approximate surface area is 163 Å². The van der Waals surface area contributed by atoms with Crippen LogP contribution < -0.4 is 9.47 Å². The summed E-state index contributed by atoms with van der Waals surface area (Å²) in [5.74, 6) is 1.73. The summed E-state index contributed by atoms with van der Waals surface area (Å²) in [6.07, 6.45) is 3.94. The minimum Gasteiger partial charge on any atom is -0.493 e. The van der Waals surface area contributed by atoms with Gasteiger partial charge in [-0.15, -0.1) is 12.4 Å². The second kappa shape index (κ2) is 12.8. The van der Waals surface area contributed by atoms with E-state index < -0.39 is 0 Å². The van der Waals surface area contributed by atoms with Crippen LogP contribution in [0.2, 0.25) is 0 Å². The van der Waals surface area contributed by atoms with Gasteiger partial charge >= 0.3 is 5.97 Å². The van der Waals surface area contributed by atoms with Crippen LogP contribution in [0.15, 0.2) is 24.3 Å². The predicted octanol–water partition coefficient (Wildman–Crippen LogP) is 3.94. The van der Waals surface area contributed by atoms with Crippen molar-refractivity contribution in [1.29, 1.82) is 0 Å². The number of carbonyl (C=O) groups is 1. The summed E-state index contributed by atoms with van der Waals surface area (Å²) in [5, 5.41) is 0. The lowest BCUT2D eigenvalue weighted by molar-refractivity contribution is -0.149. The van der Waals surface area contributed by atoms with Crippen LogP contribution in [0.25, 0.3) is 0 Å². The molecule has 148 valence electrons. The lowest BCUT2D eigenvalue weighted by atomic mass is 9.97. The summed E-state index contributed by atoms with van der Waals surface area (Å²) in [7, 11) is 0. The minimum atomic E-state index is -0.0433. The molecule has 2 rings (SSSR count). The van der Waals surface area contributed by atoms with Crippen molar-refractivity contribution in [1.82, 2.24) is 4.90 Å². The van der Waals surface area contributed by atoms with Crippen LogP contribution in [0.3, 0.4) is 0 Å². The van der Waals surface area contributed by atoms with Gasteiger partial charge in [0.25, 0.3) is 0 Å². The highest BCUT2D eigenvalue weighted by Crippen LogP contribution is 2.21. The fraction of sp³-hybridized carbons (Fsp3) is 0.650. The lowest BCUT2D eigenvalue weighted by Gasteiger charge is -2.30. The Morgan fingerprint density at radius 1 is 1.12 bits per heavy atom. The van der Waals surface area contributed by atoms with Crippen LogP contribution >= 0.6 is 12.4 Å². The summed E-state index contributed by atoms with van der Waals surface area (Å²) in [6, 6.07) is 7.83. The molecule has 1 aliphatic heterocycles. The third-order valence-corrected chi connectivity index (χ3v) is 4.46. The molecule has 0 radical (unpaired) electrons. The number of hydrogen-bond acceptors (Lipinski definition) is 5. The van der Waals surface area contributed by atoms with Gasteiger partial charge in [-0.2, -0.15) is 0 Å². The first-order chi connectivity index (χ1) is 12.2. The van der Waals surface area contributed by atoms with Crippen molar-refractivity contribution in [3.8, 4) is 11.5 Å². The highest BCUT2D eigenvalue weighted by atomic mass is 35.5. The maximum absolute atomic E-state index is 11.8. The van der Waals surface area contributed by atoms with Crippen LogP contribution in [0.5, 0.6) is 11.5 Å². The van der Waals surface area contributed by atoms with Crippen molar-refractivity contribution in [2.45, 2.75) is 39.5 Å². The highest BCUT2D eigenvalue weighted by molar-refractivity contribution is 5.85. The van der Waals surface area contributed by atoms with Crippen LogP contribution in [0.4, 0.5) is 0 Å². The molecule has 0 atom stereocenters. The van der Waals surface area contributed by atoms with Crippen LogP contribution in [-0.4, -0.2) is 50.3 Å². The maximum atomic E-state index is 11.8. The molecule has 0 aliphatic carbocycles. The number of ether oxygens (including phenoxy) is 3. The van der Waals surface area contributed by atoms with E-state index >= 15 is 0 Å². The second-order valence-electron chi connectivity index (χ2n) is 6.39. The van der Waals surface area contributed by atoms with Gasteiger partial charge in [-0.05, 0) is 51.4 Å². The van der Waals surface area contributed by atoms with Gasteiger partial charge in [-0.1, -0.05) is 19.4 Å². The van der Waals surface area contributed by atoms with E-state index in [4.69, 9.17) is 14.2 Å². The fourth-order valence-electron chi connectivity index (χ4n) is 2.93. The molecule has 0 spiro atoms. The molecule has 1 fully saturated rings. The second-order valence-corrected chi connectivity index (χ2v) is 6.39. The normalized spacial score (nSPS) is 15.2. The first kappa shape index (κ1) is 22.6. The van der Waals surface area contributed by atoms with E-state index in [1.807, 2.05) is 31.2 Å². The smallest absolute Gasteiger partial charge is 0.309 e. The molecule has 0 aromatic heterocycles. The van der Waals surface area contributed by atoms with Gasteiger partial charge in [0.1, 0.15) is 18.1 Å². The van der Waals surface area contributed by atoms with Crippen molar-refractivity contribution >= 4 is 18.4 Å². The highest BCUT2D eigenvalue weighted by Gasteiger charge is 2.25. The van der Waals surface area contributed by atoms with Gasteiger partial charge in [-0.3, -0.25) is 9.69 Å². The molecule has 1 aromatic rings. The summed E-state index contributed by atoms with van der Waals surface area (Å²) in [5.41, 5.74) is 0. The van der Waals surface area contributed by atoms with Crippen LogP contribution in [0, 0.1) is 5.92 Å². The monoisotopic (exact) mass is 385 g/mol. The van der Waals surface area contributed by atoms with Crippen molar-refractivity contribution in [3.05, 3.63) is 24.3 Å². The number of likely N-dealkylation sites (tertiary alicyclic amines) is 1. The average molecular weight is 386 g/mol. The van der Waals surface area contributed by atoms with Crippen LogP contribution in [-0.2, 0) is 9.53 Å². The van der Waals surface area contributed by atoms with Crippen molar-refractivity contribution in [2.75, 3.05) is 39.5 Å². The molecule has 1 aliphatic rings. The molecule has 1 heterocycles. The number of hydrogen-bond donors (Lipinski definition) is 0. The Morgan fingerprint density at radius 2 is 1.77 bits per heavy atom. The Balaban J connectivity index is 0.00000338. The van der Waals surface area contributed by atoms with Gasteiger partial charge < -0.3 is 14.2 Å². The number of unbranched alkanes of at least 4 members (excludes halogenated alkanes) is 1. The zero-order valence-corrected chi connectivity index (χ0v) is 16.8. The zero-order chi connectivity index (χ0) is 17.9. The molecule has 6 heteroatoms. The van der Waals surface area contributed by atoms with E-state index in [1.165, 1.54) is 0 Å². The summed E-state index contributed by atoms with van der Waals surface area (Å²) < 4.78 is 16.7.